The molecular weight excluding hydrogens is 292 g/mol. The van der Waals surface area contributed by atoms with Gasteiger partial charge in [0.25, 0.3) is 10.0 Å². The van der Waals surface area contributed by atoms with Gasteiger partial charge in [0, 0.05) is 5.69 Å². The molecule has 0 atom stereocenters. The highest BCUT2D eigenvalue weighted by atomic mass is 32.2. The molecule has 3 N–H and O–H groups in total. The summed E-state index contributed by atoms with van der Waals surface area (Å²) in [6.07, 6.45) is 0.0161. The van der Waals surface area contributed by atoms with Crippen molar-refractivity contribution in [3.05, 3.63) is 60.2 Å². The van der Waals surface area contributed by atoms with E-state index in [-0.39, 0.29) is 11.3 Å². The number of anilines is 1. The lowest BCUT2D eigenvalue weighted by molar-refractivity contribution is -0.128. The van der Waals surface area contributed by atoms with E-state index in [9.17, 15) is 13.2 Å². The molecule has 0 bridgehead atoms. The van der Waals surface area contributed by atoms with E-state index in [0.29, 0.717) is 11.3 Å². The molecule has 21 heavy (non-hydrogen) atoms. The van der Waals surface area contributed by atoms with E-state index >= 15 is 0 Å². The van der Waals surface area contributed by atoms with Gasteiger partial charge in [-0.2, -0.15) is 0 Å². The van der Waals surface area contributed by atoms with Crippen LogP contribution >= 0.6 is 0 Å². The summed E-state index contributed by atoms with van der Waals surface area (Å²) in [6.45, 7) is 0. The van der Waals surface area contributed by atoms with Crippen LogP contribution in [0.4, 0.5) is 5.69 Å². The van der Waals surface area contributed by atoms with Crippen molar-refractivity contribution in [3.8, 4) is 0 Å². The number of amides is 1. The summed E-state index contributed by atoms with van der Waals surface area (Å²) < 4.78 is 26.7. The zero-order valence-corrected chi connectivity index (χ0v) is 11.8. The van der Waals surface area contributed by atoms with E-state index in [0.717, 1.165) is 0 Å². The second kappa shape index (κ2) is 6.38. The van der Waals surface area contributed by atoms with Gasteiger partial charge < -0.3 is 0 Å². The molecule has 0 fully saturated rings. The quantitative estimate of drug-likeness (QED) is 0.576. The average molecular weight is 306 g/mol. The second-order valence-corrected chi connectivity index (χ2v) is 6.01. The number of benzene rings is 2. The predicted molar refractivity (Wildman–Crippen MR) is 77.3 cm³/mol. The Balaban J connectivity index is 2.12. The molecule has 0 heterocycles. The van der Waals surface area contributed by atoms with E-state index in [2.05, 4.69) is 4.72 Å². The summed E-state index contributed by atoms with van der Waals surface area (Å²) in [6, 6.07) is 14.4. The van der Waals surface area contributed by atoms with Gasteiger partial charge in [-0.3, -0.25) is 14.7 Å². The van der Waals surface area contributed by atoms with Gasteiger partial charge in [0.15, 0.2) is 0 Å². The number of hydrogen-bond acceptors (Lipinski definition) is 4. The van der Waals surface area contributed by atoms with Crippen molar-refractivity contribution in [2.45, 2.75) is 11.3 Å². The molecule has 110 valence electrons. The molecule has 0 unspecified atom stereocenters. The maximum absolute atomic E-state index is 12.1. The van der Waals surface area contributed by atoms with Crippen molar-refractivity contribution >= 4 is 21.6 Å². The number of sulfonamides is 1. The second-order valence-electron chi connectivity index (χ2n) is 4.33. The normalized spacial score (nSPS) is 10.9. The van der Waals surface area contributed by atoms with Crippen molar-refractivity contribution < 1.29 is 18.4 Å². The van der Waals surface area contributed by atoms with Gasteiger partial charge in [-0.15, -0.1) is 0 Å². The molecule has 0 aromatic heterocycles. The molecule has 0 saturated carbocycles. The van der Waals surface area contributed by atoms with Crippen LogP contribution in [0.15, 0.2) is 59.5 Å². The van der Waals surface area contributed by atoms with E-state index in [1.165, 1.54) is 17.6 Å². The Bertz CT molecular complexity index is 712. The third-order valence-electron chi connectivity index (χ3n) is 2.75. The van der Waals surface area contributed by atoms with Crippen molar-refractivity contribution in [2.75, 3.05) is 4.72 Å². The molecule has 2 rings (SSSR count). The van der Waals surface area contributed by atoms with Crippen molar-refractivity contribution in [3.63, 3.8) is 0 Å². The maximum Gasteiger partial charge on any atom is 0.261 e. The van der Waals surface area contributed by atoms with Gasteiger partial charge >= 0.3 is 0 Å². The minimum absolute atomic E-state index is 0.0161. The minimum atomic E-state index is -3.62. The molecule has 6 nitrogen and oxygen atoms in total. The topological polar surface area (TPSA) is 95.5 Å². The van der Waals surface area contributed by atoms with Gasteiger partial charge in [0.1, 0.15) is 0 Å². The lowest BCUT2D eigenvalue weighted by atomic mass is 10.1. The number of nitrogens with one attached hydrogen (secondary N) is 2. The summed E-state index contributed by atoms with van der Waals surface area (Å²) in [4.78, 5) is 11.2. The van der Waals surface area contributed by atoms with Crippen LogP contribution in [0.3, 0.4) is 0 Å². The molecule has 1 amide bonds. The molecule has 0 saturated heterocycles. The minimum Gasteiger partial charge on any atom is -0.289 e. The summed E-state index contributed by atoms with van der Waals surface area (Å²) in [7, 11) is -3.62. The lowest BCUT2D eigenvalue weighted by Crippen LogP contribution is -2.20. The van der Waals surface area contributed by atoms with Gasteiger partial charge in [-0.05, 0) is 29.8 Å². The highest BCUT2D eigenvalue weighted by molar-refractivity contribution is 7.92. The summed E-state index contributed by atoms with van der Waals surface area (Å²) >= 11 is 0. The van der Waals surface area contributed by atoms with Crippen LogP contribution in [0, 0.1) is 0 Å². The standard InChI is InChI=1S/C14H14N2O4S/c17-14(15-18)10-11-6-8-12(9-7-11)16-21(19,20)13-4-2-1-3-5-13/h1-9,16,18H,10H2,(H,15,17). The Labute approximate surface area is 122 Å². The molecule has 2 aromatic rings. The van der Waals surface area contributed by atoms with Crippen LogP contribution in [0.1, 0.15) is 5.56 Å². The molecule has 0 aliphatic rings. The maximum atomic E-state index is 12.1. The Morgan fingerprint density at radius 3 is 2.19 bits per heavy atom. The Morgan fingerprint density at radius 2 is 1.62 bits per heavy atom. The van der Waals surface area contributed by atoms with Crippen LogP contribution in [-0.2, 0) is 21.2 Å². The highest BCUT2D eigenvalue weighted by Gasteiger charge is 2.13. The molecule has 0 radical (unpaired) electrons. The number of rotatable bonds is 5. The van der Waals surface area contributed by atoms with E-state index in [4.69, 9.17) is 5.21 Å². The van der Waals surface area contributed by atoms with Crippen molar-refractivity contribution in [1.29, 1.82) is 0 Å². The molecule has 7 heteroatoms. The number of carbonyl (C=O) groups excluding carboxylic acids is 1. The third-order valence-corrected chi connectivity index (χ3v) is 4.15. The molecule has 0 aliphatic heterocycles. The Hall–Kier alpha value is -2.38. The van der Waals surface area contributed by atoms with Crippen LogP contribution in [0.25, 0.3) is 0 Å². The Morgan fingerprint density at radius 1 is 1.00 bits per heavy atom. The van der Waals surface area contributed by atoms with Crippen LogP contribution in [0.5, 0.6) is 0 Å². The predicted octanol–water partition coefficient (Wildman–Crippen LogP) is 1.54. The van der Waals surface area contributed by atoms with Crippen molar-refractivity contribution in [1.82, 2.24) is 5.48 Å². The van der Waals surface area contributed by atoms with Crippen LogP contribution in [0.2, 0.25) is 0 Å². The number of hydrogen-bond donors (Lipinski definition) is 3. The van der Waals surface area contributed by atoms with Gasteiger partial charge in [0.2, 0.25) is 5.91 Å². The molecule has 0 spiro atoms. The van der Waals surface area contributed by atoms with E-state index in [1.807, 2.05) is 0 Å². The summed E-state index contributed by atoms with van der Waals surface area (Å²) in [5, 5.41) is 8.44. The van der Waals surface area contributed by atoms with E-state index < -0.39 is 15.9 Å². The first-order valence-electron chi connectivity index (χ1n) is 6.11. The van der Waals surface area contributed by atoms with E-state index in [1.54, 1.807) is 42.5 Å². The van der Waals surface area contributed by atoms with Crippen LogP contribution in [-0.4, -0.2) is 19.5 Å². The number of carbonyl (C=O) groups is 1. The van der Waals surface area contributed by atoms with Gasteiger partial charge in [-0.1, -0.05) is 30.3 Å². The molecular formula is C14H14N2O4S. The first kappa shape index (κ1) is 15.0. The lowest BCUT2D eigenvalue weighted by Gasteiger charge is -2.08. The fourth-order valence-electron chi connectivity index (χ4n) is 1.73. The summed E-state index contributed by atoms with van der Waals surface area (Å²) in [5.74, 6) is -0.535. The van der Waals surface area contributed by atoms with Crippen LogP contribution < -0.4 is 10.2 Å². The highest BCUT2D eigenvalue weighted by Crippen LogP contribution is 2.16. The largest absolute Gasteiger partial charge is 0.289 e. The van der Waals surface area contributed by atoms with Gasteiger partial charge in [-0.25, -0.2) is 13.9 Å². The molecule has 0 aliphatic carbocycles. The summed E-state index contributed by atoms with van der Waals surface area (Å²) in [5.41, 5.74) is 2.59. The van der Waals surface area contributed by atoms with Gasteiger partial charge in [0.05, 0.1) is 11.3 Å². The Kier molecular flexibility index (Phi) is 4.56. The van der Waals surface area contributed by atoms with Crippen molar-refractivity contribution in [2.24, 2.45) is 0 Å². The monoisotopic (exact) mass is 306 g/mol. The average Bonchev–Trinajstić information content (AvgIpc) is 2.50. The zero-order chi connectivity index (χ0) is 15.3. The first-order chi connectivity index (χ1) is 10.0. The third kappa shape index (κ3) is 4.04. The SMILES string of the molecule is O=C(Cc1ccc(NS(=O)(=O)c2ccccc2)cc1)NO. The zero-order valence-electron chi connectivity index (χ0n) is 11.0. The number of hydroxylamine groups is 1. The fourth-order valence-corrected chi connectivity index (χ4v) is 2.81. The first-order valence-corrected chi connectivity index (χ1v) is 7.59. The fraction of sp³-hybridized carbons (Fsp3) is 0.0714. The molecule has 2 aromatic carbocycles. The smallest absolute Gasteiger partial charge is 0.261 e.